The van der Waals surface area contributed by atoms with E-state index in [1.165, 1.54) is 4.90 Å². The molecule has 13 heteroatoms. The summed E-state index contributed by atoms with van der Waals surface area (Å²) in [4.78, 5) is 15.2. The van der Waals surface area contributed by atoms with Crippen molar-refractivity contribution in [2.45, 2.75) is 50.9 Å². The molecule has 0 saturated carbocycles. The number of rotatable bonds is 1. The van der Waals surface area contributed by atoms with Gasteiger partial charge in [0.05, 0.1) is 40.8 Å². The Labute approximate surface area is 207 Å². The highest BCUT2D eigenvalue weighted by Gasteiger charge is 2.44. The largest absolute Gasteiger partial charge is 0.453 e. The van der Waals surface area contributed by atoms with Crippen molar-refractivity contribution < 1.29 is 45.7 Å². The fraction of sp³-hybridized carbons (Fsp3) is 0.417. The van der Waals surface area contributed by atoms with Crippen molar-refractivity contribution in [2.24, 2.45) is 0 Å². The number of hydrogen-bond acceptors (Lipinski definition) is 6. The molecule has 1 fully saturated rings. The predicted molar refractivity (Wildman–Crippen MR) is 120 cm³/mol. The molecular formula is C24H23F6N3O4. The second kappa shape index (κ2) is 8.82. The Hall–Kier alpha value is -3.48. The number of piperidine rings is 1. The van der Waals surface area contributed by atoms with Gasteiger partial charge in [-0.25, -0.2) is 4.79 Å². The van der Waals surface area contributed by atoms with Crippen molar-refractivity contribution in [3.05, 3.63) is 47.5 Å². The minimum Gasteiger partial charge on any atom is -0.453 e. The van der Waals surface area contributed by atoms with Gasteiger partial charge >= 0.3 is 18.4 Å². The molecule has 7 nitrogen and oxygen atoms in total. The second-order valence-corrected chi connectivity index (χ2v) is 9.73. The fourth-order valence-corrected chi connectivity index (χ4v) is 4.16. The Kier molecular flexibility index (Phi) is 6.34. The molecule has 2 N–H and O–H groups in total. The van der Waals surface area contributed by atoms with Crippen LogP contribution in [0.4, 0.5) is 42.5 Å². The van der Waals surface area contributed by atoms with Crippen molar-refractivity contribution in [2.75, 3.05) is 18.0 Å². The molecule has 0 aliphatic carbocycles. The van der Waals surface area contributed by atoms with E-state index < -0.39 is 58.8 Å². The van der Waals surface area contributed by atoms with Crippen LogP contribution in [0.2, 0.25) is 0 Å². The maximum atomic E-state index is 13.4. The first-order valence-corrected chi connectivity index (χ1v) is 11.1. The van der Waals surface area contributed by atoms with Crippen molar-refractivity contribution in [1.82, 2.24) is 4.90 Å². The zero-order valence-electron chi connectivity index (χ0n) is 19.9. The van der Waals surface area contributed by atoms with Crippen LogP contribution in [0.5, 0.6) is 11.5 Å². The number of fused-ring (bicyclic) bond motifs is 2. The van der Waals surface area contributed by atoms with Gasteiger partial charge in [0.15, 0.2) is 11.5 Å². The lowest BCUT2D eigenvalue weighted by atomic mass is 9.96. The number of carbonyl (C=O) groups excluding carboxylic acids is 1. The first-order chi connectivity index (χ1) is 17.0. The number of benzene rings is 2. The monoisotopic (exact) mass is 531 g/mol. The number of ether oxygens (including phenoxy) is 2. The number of nitrogens with one attached hydrogen (secondary N) is 1. The van der Waals surface area contributed by atoms with Gasteiger partial charge in [-0.3, -0.25) is 0 Å². The number of nitrogens with zero attached hydrogens (tertiary/aromatic N) is 2. The summed E-state index contributed by atoms with van der Waals surface area (Å²) in [5.41, 5.74) is -3.30. The lowest BCUT2D eigenvalue weighted by Gasteiger charge is -2.45. The standard InChI is InChI=1S/C24H23F6N3O4/c1-22(2,3)37-21(35)32-10-14(31)20(34)17(11-32)33-15-6-4-12(23(25,26)27)8-18(15)36-19-9-13(24(28,29)30)5-7-16(19)33/h4-9,17,20,31,34H,10-11H2,1-3H3/t17-,20-/m0/s1. The molecule has 37 heavy (non-hydrogen) atoms. The van der Waals surface area contributed by atoms with Gasteiger partial charge in [-0.2, -0.15) is 26.3 Å². The van der Waals surface area contributed by atoms with Crippen molar-refractivity contribution >= 4 is 23.2 Å². The number of amides is 1. The fourth-order valence-electron chi connectivity index (χ4n) is 4.16. The number of carbonyl (C=O) groups is 1. The Bertz CT molecular complexity index is 1170. The average molecular weight is 531 g/mol. The lowest BCUT2D eigenvalue weighted by molar-refractivity contribution is -0.138. The van der Waals surface area contributed by atoms with Crippen LogP contribution in [0, 0.1) is 5.41 Å². The molecule has 4 rings (SSSR count). The molecule has 2 aliphatic heterocycles. The highest BCUT2D eigenvalue weighted by atomic mass is 19.4. The molecule has 0 spiro atoms. The van der Waals surface area contributed by atoms with Crippen LogP contribution >= 0.6 is 0 Å². The van der Waals surface area contributed by atoms with Gasteiger partial charge in [0.1, 0.15) is 11.7 Å². The molecule has 200 valence electrons. The summed E-state index contributed by atoms with van der Waals surface area (Å²) in [5.74, 6) is -0.787. The molecule has 0 radical (unpaired) electrons. The average Bonchev–Trinajstić information content (AvgIpc) is 2.76. The summed E-state index contributed by atoms with van der Waals surface area (Å²) < 4.78 is 91.1. The minimum absolute atomic E-state index is 0.0168. The molecule has 2 aromatic rings. The van der Waals surface area contributed by atoms with Crippen LogP contribution in [-0.2, 0) is 17.1 Å². The number of likely N-dealkylation sites (tertiary alicyclic amines) is 1. The van der Waals surface area contributed by atoms with E-state index in [9.17, 15) is 36.2 Å². The number of halogens is 6. The third-order valence-corrected chi connectivity index (χ3v) is 5.79. The van der Waals surface area contributed by atoms with E-state index >= 15 is 0 Å². The second-order valence-electron chi connectivity index (χ2n) is 9.73. The number of hydrogen-bond donors (Lipinski definition) is 2. The molecule has 2 aliphatic rings. The Balaban J connectivity index is 1.83. The third-order valence-electron chi connectivity index (χ3n) is 5.79. The molecule has 0 unspecified atom stereocenters. The minimum atomic E-state index is -4.75. The first kappa shape index (κ1) is 26.6. The Morgan fingerprint density at radius 1 is 0.973 bits per heavy atom. The van der Waals surface area contributed by atoms with E-state index in [4.69, 9.17) is 14.9 Å². The summed E-state index contributed by atoms with van der Waals surface area (Å²) in [6.07, 6.45) is -11.8. The van der Waals surface area contributed by atoms with E-state index in [0.717, 1.165) is 29.2 Å². The first-order valence-electron chi connectivity index (χ1n) is 11.1. The van der Waals surface area contributed by atoms with Gasteiger partial charge in [0.2, 0.25) is 0 Å². The highest BCUT2D eigenvalue weighted by molar-refractivity contribution is 5.93. The van der Waals surface area contributed by atoms with Crippen molar-refractivity contribution in [3.63, 3.8) is 0 Å². The molecule has 1 saturated heterocycles. The smallest absolute Gasteiger partial charge is 0.416 e. The normalized spacial score (nSPS) is 20.2. The lowest BCUT2D eigenvalue weighted by Crippen LogP contribution is -2.60. The number of aliphatic hydroxyl groups excluding tert-OH is 1. The van der Waals surface area contributed by atoms with Gasteiger partial charge in [0.25, 0.3) is 0 Å². The van der Waals surface area contributed by atoms with E-state index in [1.54, 1.807) is 20.8 Å². The van der Waals surface area contributed by atoms with Crippen LogP contribution < -0.4 is 9.64 Å². The molecule has 2 aromatic carbocycles. The predicted octanol–water partition coefficient (Wildman–Crippen LogP) is 5.97. The van der Waals surface area contributed by atoms with Crippen LogP contribution in [0.15, 0.2) is 36.4 Å². The Morgan fingerprint density at radius 3 is 1.89 bits per heavy atom. The zero-order valence-corrected chi connectivity index (χ0v) is 19.9. The van der Waals surface area contributed by atoms with Crippen LogP contribution in [0.3, 0.4) is 0 Å². The van der Waals surface area contributed by atoms with Crippen LogP contribution in [0.1, 0.15) is 31.9 Å². The maximum absolute atomic E-state index is 13.4. The number of anilines is 2. The molecular weight excluding hydrogens is 508 g/mol. The third kappa shape index (κ3) is 5.31. The molecule has 0 aromatic heterocycles. The quantitative estimate of drug-likeness (QED) is 0.443. The zero-order chi connectivity index (χ0) is 27.5. The summed E-state index contributed by atoms with van der Waals surface area (Å²) >= 11 is 0. The number of aliphatic hydroxyl groups is 1. The van der Waals surface area contributed by atoms with Crippen LogP contribution in [0.25, 0.3) is 0 Å². The molecule has 0 bridgehead atoms. The highest BCUT2D eigenvalue weighted by Crippen LogP contribution is 2.51. The number of alkyl halides is 6. The summed E-state index contributed by atoms with van der Waals surface area (Å²) in [7, 11) is 0. The molecule has 2 atom stereocenters. The van der Waals surface area contributed by atoms with E-state index in [1.807, 2.05) is 0 Å². The van der Waals surface area contributed by atoms with Gasteiger partial charge in [0, 0.05) is 6.54 Å². The van der Waals surface area contributed by atoms with E-state index in [2.05, 4.69) is 0 Å². The maximum Gasteiger partial charge on any atom is 0.416 e. The Morgan fingerprint density at radius 2 is 1.46 bits per heavy atom. The van der Waals surface area contributed by atoms with Gasteiger partial charge in [-0.15, -0.1) is 0 Å². The van der Waals surface area contributed by atoms with Crippen LogP contribution in [-0.4, -0.2) is 52.6 Å². The summed E-state index contributed by atoms with van der Waals surface area (Å²) in [6, 6.07) is 3.84. The topological polar surface area (TPSA) is 86.1 Å². The van der Waals surface area contributed by atoms with Crippen molar-refractivity contribution in [3.8, 4) is 11.5 Å². The van der Waals surface area contributed by atoms with Gasteiger partial charge in [-0.05, 0) is 57.2 Å². The SMILES string of the molecule is CC(C)(C)OC(=O)N1CC(=N)[C@H](O)[C@@H](N2c3ccc(C(F)(F)F)cc3Oc3cc(C(F)(F)F)ccc32)C1. The summed E-state index contributed by atoms with van der Waals surface area (Å²) in [5, 5.41) is 19.1. The van der Waals surface area contributed by atoms with E-state index in [0.29, 0.717) is 12.1 Å². The van der Waals surface area contributed by atoms with Gasteiger partial charge in [-0.1, -0.05) is 0 Å². The van der Waals surface area contributed by atoms with Gasteiger partial charge < -0.3 is 29.8 Å². The van der Waals surface area contributed by atoms with E-state index in [-0.39, 0.29) is 30.2 Å². The van der Waals surface area contributed by atoms with Crippen molar-refractivity contribution in [1.29, 1.82) is 5.41 Å². The molecule has 2 heterocycles. The summed E-state index contributed by atoms with van der Waals surface area (Å²) in [6.45, 7) is 4.41. The molecule has 1 amide bonds.